The van der Waals surface area contributed by atoms with Crippen LogP contribution in [0.1, 0.15) is 85.0 Å². The maximum atomic E-state index is 6.38. The molecule has 0 aromatic rings. The topological polar surface area (TPSA) is 26.0 Å². The summed E-state index contributed by atoms with van der Waals surface area (Å²) >= 11 is 0. The van der Waals surface area contributed by atoms with Gasteiger partial charge in [-0.15, -0.1) is 0 Å². The van der Waals surface area contributed by atoms with Crippen LogP contribution >= 0.6 is 0 Å². The van der Waals surface area contributed by atoms with Crippen molar-refractivity contribution in [3.05, 3.63) is 0 Å². The maximum Gasteiger partial charge on any atom is 0.00671 e. The van der Waals surface area contributed by atoms with Crippen molar-refractivity contribution in [3.63, 3.8) is 0 Å². The van der Waals surface area contributed by atoms with Crippen LogP contribution in [-0.4, -0.2) is 6.04 Å². The van der Waals surface area contributed by atoms with E-state index >= 15 is 0 Å². The first kappa shape index (κ1) is 16.0. The molecule has 1 heteroatoms. The van der Waals surface area contributed by atoms with E-state index in [1.165, 1.54) is 64.2 Å². The summed E-state index contributed by atoms with van der Waals surface area (Å²) in [5.74, 6) is 2.67. The van der Waals surface area contributed by atoms with Crippen LogP contribution < -0.4 is 5.73 Å². The SMILES string of the molecule is CCCCCCCC(N)C1CCC(C(C)C)CC1. The number of rotatable bonds is 8. The molecule has 1 saturated carbocycles. The summed E-state index contributed by atoms with van der Waals surface area (Å²) in [5.41, 5.74) is 6.38. The highest BCUT2D eigenvalue weighted by molar-refractivity contribution is 4.80. The third-order valence-electron chi connectivity index (χ3n) is 5.01. The third-order valence-corrected chi connectivity index (χ3v) is 5.01. The molecule has 0 aromatic heterocycles. The van der Waals surface area contributed by atoms with Gasteiger partial charge >= 0.3 is 0 Å². The molecule has 0 radical (unpaired) electrons. The Hall–Kier alpha value is -0.0400. The van der Waals surface area contributed by atoms with Crippen molar-refractivity contribution in [1.29, 1.82) is 0 Å². The van der Waals surface area contributed by atoms with E-state index < -0.39 is 0 Å². The molecular formula is C17H35N. The van der Waals surface area contributed by atoms with Crippen molar-refractivity contribution < 1.29 is 0 Å². The van der Waals surface area contributed by atoms with Gasteiger partial charge in [0, 0.05) is 6.04 Å². The first-order valence-corrected chi connectivity index (χ1v) is 8.40. The summed E-state index contributed by atoms with van der Waals surface area (Å²) < 4.78 is 0. The molecule has 1 fully saturated rings. The summed E-state index contributed by atoms with van der Waals surface area (Å²) in [6.07, 6.45) is 13.8. The molecule has 1 nitrogen and oxygen atoms in total. The van der Waals surface area contributed by atoms with Gasteiger partial charge in [-0.3, -0.25) is 0 Å². The molecule has 0 aliphatic heterocycles. The number of hydrogen-bond acceptors (Lipinski definition) is 1. The first-order chi connectivity index (χ1) is 8.65. The Morgan fingerprint density at radius 2 is 1.44 bits per heavy atom. The van der Waals surface area contributed by atoms with E-state index in [0.717, 1.165) is 17.8 Å². The summed E-state index contributed by atoms with van der Waals surface area (Å²) in [7, 11) is 0. The molecular weight excluding hydrogens is 218 g/mol. The zero-order valence-electron chi connectivity index (χ0n) is 13.0. The highest BCUT2D eigenvalue weighted by Crippen LogP contribution is 2.35. The summed E-state index contributed by atoms with van der Waals surface area (Å²) in [4.78, 5) is 0. The largest absolute Gasteiger partial charge is 0.327 e. The van der Waals surface area contributed by atoms with Gasteiger partial charge in [-0.1, -0.05) is 52.9 Å². The molecule has 0 amide bonds. The molecule has 0 saturated heterocycles. The lowest BCUT2D eigenvalue weighted by Gasteiger charge is -2.34. The second kappa shape index (κ2) is 8.96. The molecule has 1 aliphatic rings. The van der Waals surface area contributed by atoms with Gasteiger partial charge in [0.15, 0.2) is 0 Å². The highest BCUT2D eigenvalue weighted by atomic mass is 14.6. The molecule has 18 heavy (non-hydrogen) atoms. The minimum absolute atomic E-state index is 0.486. The van der Waals surface area contributed by atoms with Crippen molar-refractivity contribution in [3.8, 4) is 0 Å². The standard InChI is InChI=1S/C17H35N/c1-4-5-6-7-8-9-17(18)16-12-10-15(11-13-16)14(2)3/h14-17H,4-13,18H2,1-3H3. The van der Waals surface area contributed by atoms with Gasteiger partial charge in [0.05, 0.1) is 0 Å². The normalized spacial score (nSPS) is 26.5. The number of nitrogens with two attached hydrogens (primary N) is 1. The fourth-order valence-electron chi connectivity index (χ4n) is 3.46. The average molecular weight is 253 g/mol. The maximum absolute atomic E-state index is 6.38. The Morgan fingerprint density at radius 1 is 0.889 bits per heavy atom. The van der Waals surface area contributed by atoms with Crippen molar-refractivity contribution >= 4 is 0 Å². The van der Waals surface area contributed by atoms with Crippen LogP contribution in [0.15, 0.2) is 0 Å². The van der Waals surface area contributed by atoms with Gasteiger partial charge in [-0.2, -0.15) is 0 Å². The molecule has 0 spiro atoms. The van der Waals surface area contributed by atoms with E-state index in [-0.39, 0.29) is 0 Å². The Balaban J connectivity index is 2.10. The number of hydrogen-bond donors (Lipinski definition) is 1. The van der Waals surface area contributed by atoms with Gasteiger partial charge in [0.1, 0.15) is 0 Å². The van der Waals surface area contributed by atoms with E-state index in [1.54, 1.807) is 0 Å². The van der Waals surface area contributed by atoms with Crippen LogP contribution in [0, 0.1) is 17.8 Å². The fraction of sp³-hybridized carbons (Fsp3) is 1.00. The highest BCUT2D eigenvalue weighted by Gasteiger charge is 2.26. The lowest BCUT2D eigenvalue weighted by molar-refractivity contribution is 0.198. The van der Waals surface area contributed by atoms with E-state index in [9.17, 15) is 0 Å². The summed E-state index contributed by atoms with van der Waals surface area (Å²) in [5, 5.41) is 0. The van der Waals surface area contributed by atoms with E-state index in [0.29, 0.717) is 6.04 Å². The molecule has 108 valence electrons. The predicted molar refractivity (Wildman–Crippen MR) is 81.6 cm³/mol. The third kappa shape index (κ3) is 5.73. The molecule has 1 atom stereocenters. The summed E-state index contributed by atoms with van der Waals surface area (Å²) in [6, 6.07) is 0.486. The van der Waals surface area contributed by atoms with Crippen LogP contribution in [0.2, 0.25) is 0 Å². The minimum atomic E-state index is 0.486. The van der Waals surface area contributed by atoms with E-state index in [4.69, 9.17) is 5.73 Å². The van der Waals surface area contributed by atoms with Gasteiger partial charge in [-0.05, 0) is 49.9 Å². The molecule has 0 aromatic carbocycles. The number of unbranched alkanes of at least 4 members (excludes halogenated alkanes) is 4. The second-order valence-electron chi connectivity index (χ2n) is 6.79. The van der Waals surface area contributed by atoms with Gasteiger partial charge in [-0.25, -0.2) is 0 Å². The van der Waals surface area contributed by atoms with E-state index in [1.807, 2.05) is 0 Å². The quantitative estimate of drug-likeness (QED) is 0.596. The first-order valence-electron chi connectivity index (χ1n) is 8.40. The van der Waals surface area contributed by atoms with Crippen LogP contribution in [0.5, 0.6) is 0 Å². The van der Waals surface area contributed by atoms with Crippen molar-refractivity contribution in [2.75, 3.05) is 0 Å². The van der Waals surface area contributed by atoms with Crippen molar-refractivity contribution in [2.24, 2.45) is 23.5 Å². The second-order valence-corrected chi connectivity index (χ2v) is 6.79. The molecule has 1 aliphatic carbocycles. The molecule has 2 N–H and O–H groups in total. The minimum Gasteiger partial charge on any atom is -0.327 e. The summed E-state index contributed by atoms with van der Waals surface area (Å²) in [6.45, 7) is 7.02. The molecule has 0 heterocycles. The lowest BCUT2D eigenvalue weighted by Crippen LogP contribution is -2.33. The van der Waals surface area contributed by atoms with Crippen LogP contribution in [-0.2, 0) is 0 Å². The fourth-order valence-corrected chi connectivity index (χ4v) is 3.46. The van der Waals surface area contributed by atoms with Crippen LogP contribution in [0.25, 0.3) is 0 Å². The molecule has 0 bridgehead atoms. The van der Waals surface area contributed by atoms with Gasteiger partial charge < -0.3 is 5.73 Å². The van der Waals surface area contributed by atoms with Gasteiger partial charge in [0.2, 0.25) is 0 Å². The van der Waals surface area contributed by atoms with Gasteiger partial charge in [0.25, 0.3) is 0 Å². The van der Waals surface area contributed by atoms with Crippen LogP contribution in [0.3, 0.4) is 0 Å². The Morgan fingerprint density at radius 3 is 2.00 bits per heavy atom. The van der Waals surface area contributed by atoms with Crippen molar-refractivity contribution in [1.82, 2.24) is 0 Å². The molecule has 1 unspecified atom stereocenters. The zero-order valence-corrected chi connectivity index (χ0v) is 13.0. The predicted octanol–water partition coefficient (Wildman–Crippen LogP) is 5.14. The monoisotopic (exact) mass is 253 g/mol. The smallest absolute Gasteiger partial charge is 0.00671 e. The van der Waals surface area contributed by atoms with Crippen molar-refractivity contribution in [2.45, 2.75) is 91.0 Å². The lowest BCUT2D eigenvalue weighted by atomic mass is 9.74. The zero-order chi connectivity index (χ0) is 13.4. The Kier molecular flexibility index (Phi) is 7.97. The Bertz CT molecular complexity index is 192. The molecule has 1 rings (SSSR count). The van der Waals surface area contributed by atoms with Crippen LogP contribution in [0.4, 0.5) is 0 Å². The Labute approximate surface area is 115 Å². The average Bonchev–Trinajstić information content (AvgIpc) is 2.38. The van der Waals surface area contributed by atoms with E-state index in [2.05, 4.69) is 20.8 Å².